The van der Waals surface area contributed by atoms with Crippen LogP contribution >= 0.6 is 0 Å². The lowest BCUT2D eigenvalue weighted by atomic mass is 10.1. The van der Waals surface area contributed by atoms with Gasteiger partial charge < -0.3 is 5.32 Å². The first kappa shape index (κ1) is 16.2. The largest absolute Gasteiger partial charge is 0.352 e. The molecule has 0 aliphatic rings. The Kier molecular flexibility index (Phi) is 4.98. The zero-order valence-corrected chi connectivity index (χ0v) is 13.5. The van der Waals surface area contributed by atoms with Crippen LogP contribution in [0.15, 0.2) is 53.4 Å². The van der Waals surface area contributed by atoms with E-state index in [1.54, 1.807) is 13.0 Å². The monoisotopic (exact) mass is 317 g/mol. The van der Waals surface area contributed by atoms with Crippen molar-refractivity contribution in [2.24, 2.45) is 0 Å². The van der Waals surface area contributed by atoms with Crippen molar-refractivity contribution in [1.29, 1.82) is 0 Å². The fourth-order valence-electron chi connectivity index (χ4n) is 2.14. The van der Waals surface area contributed by atoms with Crippen molar-refractivity contribution in [2.75, 3.05) is 12.8 Å². The average molecular weight is 317 g/mol. The van der Waals surface area contributed by atoms with Gasteiger partial charge in [-0.1, -0.05) is 36.4 Å². The number of sulfone groups is 1. The minimum Gasteiger partial charge on any atom is -0.352 e. The van der Waals surface area contributed by atoms with Crippen molar-refractivity contribution >= 4 is 15.7 Å². The second kappa shape index (κ2) is 6.75. The molecular formula is C17H19NO3S. The van der Waals surface area contributed by atoms with Crippen molar-refractivity contribution in [2.45, 2.75) is 18.2 Å². The number of amides is 1. The summed E-state index contributed by atoms with van der Waals surface area (Å²) in [6.45, 7) is 2.30. The van der Waals surface area contributed by atoms with Crippen molar-refractivity contribution < 1.29 is 13.2 Å². The topological polar surface area (TPSA) is 63.2 Å². The van der Waals surface area contributed by atoms with E-state index in [-0.39, 0.29) is 10.8 Å². The summed E-state index contributed by atoms with van der Waals surface area (Å²) in [5.41, 5.74) is 2.30. The lowest BCUT2D eigenvalue weighted by Crippen LogP contribution is -2.26. The first-order valence-electron chi connectivity index (χ1n) is 7.01. The lowest BCUT2D eigenvalue weighted by molar-refractivity contribution is 0.0953. The van der Waals surface area contributed by atoms with Gasteiger partial charge in [0.2, 0.25) is 0 Å². The number of hydrogen-bond donors (Lipinski definition) is 1. The third kappa shape index (κ3) is 4.18. The molecule has 0 bridgehead atoms. The van der Waals surface area contributed by atoms with Gasteiger partial charge in [-0.2, -0.15) is 0 Å². The summed E-state index contributed by atoms with van der Waals surface area (Å²) in [4.78, 5) is 12.4. The summed E-state index contributed by atoms with van der Waals surface area (Å²) in [5, 5.41) is 2.83. The van der Waals surface area contributed by atoms with E-state index >= 15 is 0 Å². The Balaban J connectivity index is 2.06. The second-order valence-electron chi connectivity index (χ2n) is 5.24. The Labute approximate surface area is 131 Å². The lowest BCUT2D eigenvalue weighted by Gasteiger charge is -2.09. The Morgan fingerprint density at radius 2 is 1.77 bits per heavy atom. The van der Waals surface area contributed by atoms with Gasteiger partial charge in [0.05, 0.1) is 4.90 Å². The van der Waals surface area contributed by atoms with E-state index in [1.807, 2.05) is 30.3 Å². The highest BCUT2D eigenvalue weighted by Gasteiger charge is 2.14. The molecule has 0 heterocycles. The highest BCUT2D eigenvalue weighted by atomic mass is 32.2. The minimum absolute atomic E-state index is 0.159. The molecule has 0 spiro atoms. The quantitative estimate of drug-likeness (QED) is 0.921. The normalized spacial score (nSPS) is 11.2. The van der Waals surface area contributed by atoms with Crippen molar-refractivity contribution in [3.8, 4) is 0 Å². The molecule has 0 atom stereocenters. The van der Waals surface area contributed by atoms with Crippen LogP contribution in [0.25, 0.3) is 0 Å². The van der Waals surface area contributed by atoms with Crippen LogP contribution in [0.5, 0.6) is 0 Å². The molecule has 4 nitrogen and oxygen atoms in total. The van der Waals surface area contributed by atoms with Crippen molar-refractivity contribution in [3.05, 3.63) is 65.2 Å². The van der Waals surface area contributed by atoms with Gasteiger partial charge in [-0.15, -0.1) is 0 Å². The van der Waals surface area contributed by atoms with Gasteiger partial charge in [0.15, 0.2) is 9.84 Å². The van der Waals surface area contributed by atoms with E-state index in [0.717, 1.165) is 23.8 Å². The van der Waals surface area contributed by atoms with E-state index in [4.69, 9.17) is 0 Å². The molecule has 0 saturated heterocycles. The molecule has 0 fully saturated rings. The second-order valence-corrected chi connectivity index (χ2v) is 7.26. The molecular weight excluding hydrogens is 298 g/mol. The summed E-state index contributed by atoms with van der Waals surface area (Å²) in [5.74, 6) is -0.251. The predicted molar refractivity (Wildman–Crippen MR) is 86.8 cm³/mol. The zero-order chi connectivity index (χ0) is 16.2. The SMILES string of the molecule is Cc1ccc(S(C)(=O)=O)cc1C(=O)NCCc1ccccc1. The van der Waals surface area contributed by atoms with Crippen LogP contribution < -0.4 is 5.32 Å². The summed E-state index contributed by atoms with van der Waals surface area (Å²) in [6, 6.07) is 14.5. The molecule has 0 aliphatic heterocycles. The molecule has 2 rings (SSSR count). The van der Waals surface area contributed by atoms with Crippen molar-refractivity contribution in [3.63, 3.8) is 0 Å². The molecule has 1 N–H and O–H groups in total. The first-order chi connectivity index (χ1) is 10.4. The third-order valence-corrected chi connectivity index (χ3v) is 4.53. The zero-order valence-electron chi connectivity index (χ0n) is 12.7. The molecule has 2 aromatic rings. The maximum atomic E-state index is 12.2. The van der Waals surface area contributed by atoms with Gasteiger partial charge in [0, 0.05) is 18.4 Å². The summed E-state index contributed by atoms with van der Waals surface area (Å²) in [7, 11) is -3.32. The fourth-order valence-corrected chi connectivity index (χ4v) is 2.78. The van der Waals surface area contributed by atoms with Gasteiger partial charge in [0.1, 0.15) is 0 Å². The molecule has 116 valence electrons. The van der Waals surface area contributed by atoms with Crippen LogP contribution in [0.3, 0.4) is 0 Å². The van der Waals surface area contributed by atoms with Gasteiger partial charge in [-0.05, 0) is 36.6 Å². The molecule has 0 radical (unpaired) electrons. The predicted octanol–water partition coefficient (Wildman–Crippen LogP) is 2.37. The summed E-state index contributed by atoms with van der Waals surface area (Å²) in [6.07, 6.45) is 1.87. The van der Waals surface area contributed by atoms with Crippen LogP contribution in [0.1, 0.15) is 21.5 Å². The maximum Gasteiger partial charge on any atom is 0.251 e. The molecule has 0 aliphatic carbocycles. The molecule has 1 amide bonds. The number of nitrogens with one attached hydrogen (secondary N) is 1. The number of carbonyl (C=O) groups is 1. The van der Waals surface area contributed by atoms with E-state index in [9.17, 15) is 13.2 Å². The van der Waals surface area contributed by atoms with Crippen molar-refractivity contribution in [1.82, 2.24) is 5.32 Å². The number of hydrogen-bond acceptors (Lipinski definition) is 3. The van der Waals surface area contributed by atoms with Crippen LogP contribution in [0.2, 0.25) is 0 Å². The van der Waals surface area contributed by atoms with Crippen LogP contribution in [0, 0.1) is 6.92 Å². The minimum atomic E-state index is -3.32. The third-order valence-electron chi connectivity index (χ3n) is 3.42. The Bertz CT molecular complexity index is 768. The molecule has 2 aromatic carbocycles. The summed E-state index contributed by atoms with van der Waals surface area (Å²) < 4.78 is 23.2. The van der Waals surface area contributed by atoms with E-state index < -0.39 is 9.84 Å². The highest BCUT2D eigenvalue weighted by Crippen LogP contribution is 2.15. The van der Waals surface area contributed by atoms with E-state index in [2.05, 4.69) is 5.32 Å². The summed E-state index contributed by atoms with van der Waals surface area (Å²) >= 11 is 0. The Morgan fingerprint density at radius 1 is 1.09 bits per heavy atom. The van der Waals surface area contributed by atoms with Crippen LogP contribution in [-0.2, 0) is 16.3 Å². The van der Waals surface area contributed by atoms with E-state index in [1.165, 1.54) is 12.1 Å². The van der Waals surface area contributed by atoms with Crippen LogP contribution in [-0.4, -0.2) is 27.1 Å². The van der Waals surface area contributed by atoms with E-state index in [0.29, 0.717) is 12.1 Å². The number of rotatable bonds is 5. The van der Waals surface area contributed by atoms with Gasteiger partial charge in [-0.3, -0.25) is 4.79 Å². The molecule has 22 heavy (non-hydrogen) atoms. The standard InChI is InChI=1S/C17H19NO3S/c1-13-8-9-15(22(2,20)21)12-16(13)17(19)18-11-10-14-6-4-3-5-7-14/h3-9,12H,10-11H2,1-2H3,(H,18,19). The molecule has 5 heteroatoms. The highest BCUT2D eigenvalue weighted by molar-refractivity contribution is 7.90. The average Bonchev–Trinajstić information content (AvgIpc) is 2.47. The number of benzene rings is 2. The molecule has 0 saturated carbocycles. The molecule has 0 unspecified atom stereocenters. The van der Waals surface area contributed by atoms with Crippen LogP contribution in [0.4, 0.5) is 0 Å². The van der Waals surface area contributed by atoms with Gasteiger partial charge in [-0.25, -0.2) is 8.42 Å². The van der Waals surface area contributed by atoms with Gasteiger partial charge in [0.25, 0.3) is 5.91 Å². The number of aryl methyl sites for hydroxylation is 1. The fraction of sp³-hybridized carbons (Fsp3) is 0.235. The Hall–Kier alpha value is -2.14. The van der Waals surface area contributed by atoms with Gasteiger partial charge >= 0.3 is 0 Å². The smallest absolute Gasteiger partial charge is 0.251 e. The maximum absolute atomic E-state index is 12.2. The number of carbonyl (C=O) groups excluding carboxylic acids is 1. The first-order valence-corrected chi connectivity index (χ1v) is 8.90. The molecule has 0 aromatic heterocycles. The Morgan fingerprint density at radius 3 is 2.41 bits per heavy atom.